The number of rotatable bonds is 7. The number of nitrogens with one attached hydrogen (secondary N) is 1. The molecule has 0 radical (unpaired) electrons. The monoisotopic (exact) mass is 251 g/mol. The third kappa shape index (κ3) is 5.56. The Bertz CT molecular complexity index is 232. The molecule has 106 valence electrons. The summed E-state index contributed by atoms with van der Waals surface area (Å²) in [5, 5.41) is 3.74. The first-order chi connectivity index (χ1) is 8.79. The molecule has 0 saturated heterocycles. The zero-order valence-electron chi connectivity index (χ0n) is 12.8. The van der Waals surface area contributed by atoms with Crippen LogP contribution in [0.25, 0.3) is 0 Å². The zero-order chi connectivity index (χ0) is 13.2. The van der Waals surface area contributed by atoms with Gasteiger partial charge in [-0.2, -0.15) is 0 Å². The first-order valence-electron chi connectivity index (χ1n) is 8.21. The molecule has 18 heavy (non-hydrogen) atoms. The Morgan fingerprint density at radius 2 is 1.94 bits per heavy atom. The lowest BCUT2D eigenvalue weighted by Crippen LogP contribution is -2.37. The minimum Gasteiger partial charge on any atom is -0.310 e. The third-order valence-corrected chi connectivity index (χ3v) is 4.23. The fourth-order valence-corrected chi connectivity index (χ4v) is 3.11. The molecular formula is C17H33N. The number of unbranched alkanes of at least 4 members (excludes halogenated alkanes) is 1. The predicted octanol–water partition coefficient (Wildman–Crippen LogP) is 5.07. The molecule has 0 saturated carbocycles. The van der Waals surface area contributed by atoms with Crippen LogP contribution < -0.4 is 5.32 Å². The van der Waals surface area contributed by atoms with Crippen LogP contribution in [0.5, 0.6) is 0 Å². The van der Waals surface area contributed by atoms with Crippen LogP contribution >= 0.6 is 0 Å². The Hall–Kier alpha value is -0.300. The molecule has 1 rings (SSSR count). The van der Waals surface area contributed by atoms with E-state index in [1.54, 1.807) is 5.57 Å². The minimum absolute atomic E-state index is 0.639. The van der Waals surface area contributed by atoms with Crippen LogP contribution in [0, 0.1) is 5.92 Å². The van der Waals surface area contributed by atoms with Crippen LogP contribution in [0.4, 0.5) is 0 Å². The summed E-state index contributed by atoms with van der Waals surface area (Å²) < 4.78 is 0. The van der Waals surface area contributed by atoms with Crippen LogP contribution in [-0.4, -0.2) is 12.6 Å². The molecule has 0 aromatic heterocycles. The van der Waals surface area contributed by atoms with Gasteiger partial charge >= 0.3 is 0 Å². The smallest absolute Gasteiger partial charge is 0.0305 e. The van der Waals surface area contributed by atoms with Crippen molar-refractivity contribution in [1.82, 2.24) is 5.32 Å². The van der Waals surface area contributed by atoms with Crippen LogP contribution in [0.15, 0.2) is 11.6 Å². The van der Waals surface area contributed by atoms with Crippen molar-refractivity contribution in [3.8, 4) is 0 Å². The van der Waals surface area contributed by atoms with Crippen molar-refractivity contribution >= 4 is 0 Å². The molecule has 0 amide bonds. The van der Waals surface area contributed by atoms with Gasteiger partial charge in [-0.25, -0.2) is 0 Å². The Balaban J connectivity index is 2.62. The summed E-state index contributed by atoms with van der Waals surface area (Å²) in [6, 6.07) is 0.639. The van der Waals surface area contributed by atoms with Crippen molar-refractivity contribution in [3.63, 3.8) is 0 Å². The van der Waals surface area contributed by atoms with Crippen molar-refractivity contribution in [3.05, 3.63) is 11.6 Å². The first kappa shape index (κ1) is 15.8. The number of likely N-dealkylation sites (N-methyl/N-ethyl adjacent to an activating group) is 1. The molecule has 1 aliphatic rings. The molecule has 2 unspecified atom stereocenters. The van der Waals surface area contributed by atoms with Gasteiger partial charge in [0.2, 0.25) is 0 Å². The van der Waals surface area contributed by atoms with Gasteiger partial charge in [-0.15, -0.1) is 0 Å². The van der Waals surface area contributed by atoms with Gasteiger partial charge in [0.05, 0.1) is 0 Å². The maximum atomic E-state index is 3.74. The quantitative estimate of drug-likeness (QED) is 0.623. The molecule has 1 aliphatic carbocycles. The molecule has 0 heterocycles. The van der Waals surface area contributed by atoms with Gasteiger partial charge in [-0.3, -0.25) is 0 Å². The zero-order valence-corrected chi connectivity index (χ0v) is 12.8. The molecule has 0 spiro atoms. The van der Waals surface area contributed by atoms with Gasteiger partial charge in [0.1, 0.15) is 0 Å². The van der Waals surface area contributed by atoms with Crippen molar-refractivity contribution < 1.29 is 0 Å². The van der Waals surface area contributed by atoms with Gasteiger partial charge in [0, 0.05) is 6.04 Å². The second-order valence-corrected chi connectivity index (χ2v) is 5.89. The highest BCUT2D eigenvalue weighted by Gasteiger charge is 2.20. The number of hydrogen-bond acceptors (Lipinski definition) is 1. The maximum absolute atomic E-state index is 3.74. The number of allylic oxidation sites excluding steroid dienone is 1. The van der Waals surface area contributed by atoms with E-state index in [9.17, 15) is 0 Å². The number of hydrogen-bond donors (Lipinski definition) is 1. The van der Waals surface area contributed by atoms with E-state index in [2.05, 4.69) is 32.2 Å². The Morgan fingerprint density at radius 3 is 2.67 bits per heavy atom. The van der Waals surface area contributed by atoms with E-state index in [1.807, 2.05) is 0 Å². The van der Waals surface area contributed by atoms with Crippen molar-refractivity contribution in [1.29, 1.82) is 0 Å². The average Bonchev–Trinajstić information content (AvgIpc) is 2.33. The normalized spacial score (nSPS) is 20.7. The lowest BCUT2D eigenvalue weighted by Gasteiger charge is -2.28. The summed E-state index contributed by atoms with van der Waals surface area (Å²) in [6.07, 6.45) is 14.9. The highest BCUT2D eigenvalue weighted by molar-refractivity contribution is 5.13. The van der Waals surface area contributed by atoms with Crippen molar-refractivity contribution in [2.24, 2.45) is 5.92 Å². The molecule has 1 nitrogen and oxygen atoms in total. The van der Waals surface area contributed by atoms with E-state index in [0.29, 0.717) is 6.04 Å². The van der Waals surface area contributed by atoms with Gasteiger partial charge in [-0.05, 0) is 44.6 Å². The molecule has 2 atom stereocenters. The Kier molecular flexibility index (Phi) is 8.41. The lowest BCUT2D eigenvalue weighted by atomic mass is 9.86. The Morgan fingerprint density at radius 1 is 1.17 bits per heavy atom. The summed E-state index contributed by atoms with van der Waals surface area (Å²) in [7, 11) is 0. The lowest BCUT2D eigenvalue weighted by molar-refractivity contribution is 0.380. The van der Waals surface area contributed by atoms with Crippen LogP contribution in [0.1, 0.15) is 78.6 Å². The standard InChI is InChI=1S/C17H33N/c1-4-6-12-15(3)17(18-5-2)16-13-10-8-7-9-11-14-16/h13,15,17-18H,4-12,14H2,1-3H3. The van der Waals surface area contributed by atoms with Crippen molar-refractivity contribution in [2.75, 3.05) is 6.54 Å². The second-order valence-electron chi connectivity index (χ2n) is 5.89. The molecule has 0 fully saturated rings. The average molecular weight is 251 g/mol. The molecule has 1 heteroatoms. The van der Waals surface area contributed by atoms with E-state index in [4.69, 9.17) is 0 Å². The molecule has 0 aromatic rings. The van der Waals surface area contributed by atoms with E-state index >= 15 is 0 Å². The summed E-state index contributed by atoms with van der Waals surface area (Å²) in [4.78, 5) is 0. The van der Waals surface area contributed by atoms with Crippen LogP contribution in [0.3, 0.4) is 0 Å². The molecule has 0 bridgehead atoms. The fourth-order valence-electron chi connectivity index (χ4n) is 3.11. The maximum Gasteiger partial charge on any atom is 0.0305 e. The molecular weight excluding hydrogens is 218 g/mol. The van der Waals surface area contributed by atoms with E-state index in [0.717, 1.165) is 12.5 Å². The van der Waals surface area contributed by atoms with Crippen LogP contribution in [0.2, 0.25) is 0 Å². The summed E-state index contributed by atoms with van der Waals surface area (Å²) in [5.41, 5.74) is 1.71. The van der Waals surface area contributed by atoms with Gasteiger partial charge in [-0.1, -0.05) is 58.1 Å². The Labute approximate surface area is 114 Å². The summed E-state index contributed by atoms with van der Waals surface area (Å²) in [6.45, 7) is 8.06. The van der Waals surface area contributed by atoms with E-state index < -0.39 is 0 Å². The largest absolute Gasteiger partial charge is 0.310 e. The second kappa shape index (κ2) is 9.61. The SMILES string of the molecule is CCCCC(C)C(NCC)C1=CCCCCCC1. The van der Waals surface area contributed by atoms with Gasteiger partial charge in [0.15, 0.2) is 0 Å². The summed E-state index contributed by atoms with van der Waals surface area (Å²) >= 11 is 0. The third-order valence-electron chi connectivity index (χ3n) is 4.23. The molecule has 0 aromatic carbocycles. The minimum atomic E-state index is 0.639. The first-order valence-corrected chi connectivity index (χ1v) is 8.21. The van der Waals surface area contributed by atoms with Gasteiger partial charge < -0.3 is 5.32 Å². The van der Waals surface area contributed by atoms with Crippen LogP contribution in [-0.2, 0) is 0 Å². The predicted molar refractivity (Wildman–Crippen MR) is 81.9 cm³/mol. The van der Waals surface area contributed by atoms with Crippen molar-refractivity contribution in [2.45, 2.75) is 84.6 Å². The van der Waals surface area contributed by atoms with E-state index in [-0.39, 0.29) is 0 Å². The molecule has 1 N–H and O–H groups in total. The van der Waals surface area contributed by atoms with Gasteiger partial charge in [0.25, 0.3) is 0 Å². The highest BCUT2D eigenvalue weighted by atomic mass is 14.9. The fraction of sp³-hybridized carbons (Fsp3) is 0.882. The van der Waals surface area contributed by atoms with E-state index in [1.165, 1.54) is 57.8 Å². The highest BCUT2D eigenvalue weighted by Crippen LogP contribution is 2.25. The molecule has 0 aliphatic heterocycles. The topological polar surface area (TPSA) is 12.0 Å². The summed E-state index contributed by atoms with van der Waals surface area (Å²) in [5.74, 6) is 0.788.